The Labute approximate surface area is 113 Å². The maximum atomic E-state index is 4.39. The summed E-state index contributed by atoms with van der Waals surface area (Å²) in [6.07, 6.45) is 6.13. The maximum absolute atomic E-state index is 4.39. The molecule has 0 aliphatic heterocycles. The highest BCUT2D eigenvalue weighted by molar-refractivity contribution is 9.10. The number of aromatic nitrogens is 2. The van der Waals surface area contributed by atoms with Gasteiger partial charge in [0.05, 0.1) is 11.0 Å². The molecule has 3 nitrogen and oxygen atoms in total. The van der Waals surface area contributed by atoms with E-state index in [1.807, 2.05) is 12.4 Å². The number of anilines is 1. The van der Waals surface area contributed by atoms with Gasteiger partial charge >= 0.3 is 0 Å². The van der Waals surface area contributed by atoms with Crippen LogP contribution in [0.4, 0.5) is 5.95 Å². The number of halogens is 1. The number of thiophene rings is 1. The number of rotatable bonds is 4. The van der Waals surface area contributed by atoms with E-state index in [2.05, 4.69) is 48.3 Å². The molecular weight excluding hydrogens is 298 g/mol. The van der Waals surface area contributed by atoms with Crippen LogP contribution >= 0.6 is 27.3 Å². The molecule has 2 aromatic heterocycles. The van der Waals surface area contributed by atoms with Crippen LogP contribution in [0.3, 0.4) is 0 Å². The molecular formula is C12H12BrN3S. The molecule has 0 radical (unpaired) electrons. The molecule has 3 rings (SSSR count). The molecule has 0 saturated heterocycles. The van der Waals surface area contributed by atoms with Gasteiger partial charge in [-0.3, -0.25) is 0 Å². The molecule has 2 aromatic rings. The van der Waals surface area contributed by atoms with Crippen molar-refractivity contribution in [2.45, 2.75) is 25.4 Å². The van der Waals surface area contributed by atoms with Gasteiger partial charge < -0.3 is 4.90 Å². The highest BCUT2D eigenvalue weighted by Crippen LogP contribution is 2.31. The summed E-state index contributed by atoms with van der Waals surface area (Å²) >= 11 is 5.15. The highest BCUT2D eigenvalue weighted by Gasteiger charge is 2.30. The van der Waals surface area contributed by atoms with Crippen molar-refractivity contribution >= 4 is 33.2 Å². The van der Waals surface area contributed by atoms with Gasteiger partial charge in [0.15, 0.2) is 0 Å². The fraction of sp³-hybridized carbons (Fsp3) is 0.333. The van der Waals surface area contributed by atoms with Crippen LogP contribution in [0.5, 0.6) is 0 Å². The van der Waals surface area contributed by atoms with Crippen molar-refractivity contribution in [2.75, 3.05) is 4.90 Å². The summed E-state index contributed by atoms with van der Waals surface area (Å²) in [6.45, 7) is 0.921. The summed E-state index contributed by atoms with van der Waals surface area (Å²) in [6, 6.07) is 4.88. The van der Waals surface area contributed by atoms with Gasteiger partial charge in [-0.1, -0.05) is 6.07 Å². The third-order valence-corrected chi connectivity index (χ3v) is 4.03. The van der Waals surface area contributed by atoms with Crippen LogP contribution in [0.15, 0.2) is 34.4 Å². The molecule has 0 N–H and O–H groups in total. The smallest absolute Gasteiger partial charge is 0.225 e. The van der Waals surface area contributed by atoms with Crippen LogP contribution in [-0.2, 0) is 6.54 Å². The maximum Gasteiger partial charge on any atom is 0.225 e. The second kappa shape index (κ2) is 4.74. The Morgan fingerprint density at radius 2 is 2.12 bits per heavy atom. The van der Waals surface area contributed by atoms with Crippen LogP contribution in [0.2, 0.25) is 0 Å². The SMILES string of the molecule is Brc1cnc(N(Cc2cccs2)C2CC2)nc1. The molecule has 0 bridgehead atoms. The van der Waals surface area contributed by atoms with Gasteiger partial charge in [0.25, 0.3) is 0 Å². The molecule has 0 atom stereocenters. The number of nitrogens with zero attached hydrogens (tertiary/aromatic N) is 3. The summed E-state index contributed by atoms with van der Waals surface area (Å²) in [5, 5.41) is 2.11. The molecule has 0 unspecified atom stereocenters. The lowest BCUT2D eigenvalue weighted by molar-refractivity contribution is 0.765. The third kappa shape index (κ3) is 2.66. The Morgan fingerprint density at radius 1 is 1.35 bits per heavy atom. The van der Waals surface area contributed by atoms with Crippen molar-refractivity contribution < 1.29 is 0 Å². The standard InChI is InChI=1S/C12H12BrN3S/c13-9-6-14-12(15-7-9)16(10-3-4-10)8-11-2-1-5-17-11/h1-2,5-7,10H,3-4,8H2. The van der Waals surface area contributed by atoms with Crippen molar-refractivity contribution in [2.24, 2.45) is 0 Å². The topological polar surface area (TPSA) is 29.0 Å². The fourth-order valence-corrected chi connectivity index (χ4v) is 2.68. The van der Waals surface area contributed by atoms with Gasteiger partial charge in [-0.25, -0.2) is 9.97 Å². The first-order chi connectivity index (χ1) is 8.33. The molecule has 1 aliphatic rings. The first kappa shape index (κ1) is 11.2. The Hall–Kier alpha value is -0.940. The van der Waals surface area contributed by atoms with Crippen molar-refractivity contribution in [3.63, 3.8) is 0 Å². The molecule has 2 heterocycles. The zero-order valence-electron chi connectivity index (χ0n) is 9.21. The van der Waals surface area contributed by atoms with Crippen molar-refractivity contribution in [3.05, 3.63) is 39.3 Å². The first-order valence-corrected chi connectivity index (χ1v) is 7.27. The summed E-state index contributed by atoms with van der Waals surface area (Å²) in [5.74, 6) is 0.837. The van der Waals surface area contributed by atoms with Crippen molar-refractivity contribution in [3.8, 4) is 0 Å². The van der Waals surface area contributed by atoms with E-state index in [1.165, 1.54) is 17.7 Å². The molecule has 1 saturated carbocycles. The second-order valence-electron chi connectivity index (χ2n) is 4.14. The van der Waals surface area contributed by atoms with E-state index in [1.54, 1.807) is 11.3 Å². The lowest BCUT2D eigenvalue weighted by Gasteiger charge is -2.21. The summed E-state index contributed by atoms with van der Waals surface area (Å²) in [4.78, 5) is 12.5. The van der Waals surface area contributed by atoms with Gasteiger partial charge in [0, 0.05) is 23.3 Å². The number of hydrogen-bond acceptors (Lipinski definition) is 4. The van der Waals surface area contributed by atoms with E-state index in [4.69, 9.17) is 0 Å². The minimum Gasteiger partial charge on any atom is -0.333 e. The molecule has 1 aliphatic carbocycles. The summed E-state index contributed by atoms with van der Waals surface area (Å²) in [7, 11) is 0. The normalized spacial score (nSPS) is 14.9. The Kier molecular flexibility index (Phi) is 3.11. The highest BCUT2D eigenvalue weighted by atomic mass is 79.9. The number of hydrogen-bond donors (Lipinski definition) is 0. The first-order valence-electron chi connectivity index (χ1n) is 5.59. The third-order valence-electron chi connectivity index (χ3n) is 2.76. The van der Waals surface area contributed by atoms with Gasteiger partial charge in [-0.2, -0.15) is 0 Å². The van der Waals surface area contributed by atoms with Crippen LogP contribution in [0, 0.1) is 0 Å². The van der Waals surface area contributed by atoms with Crippen molar-refractivity contribution in [1.82, 2.24) is 9.97 Å². The molecule has 88 valence electrons. The Morgan fingerprint density at radius 3 is 2.71 bits per heavy atom. The molecule has 0 amide bonds. The largest absolute Gasteiger partial charge is 0.333 e. The average Bonchev–Trinajstić information content (AvgIpc) is 3.05. The average molecular weight is 310 g/mol. The Balaban J connectivity index is 1.82. The van der Waals surface area contributed by atoms with E-state index >= 15 is 0 Å². The van der Waals surface area contributed by atoms with Gasteiger partial charge in [0.1, 0.15) is 0 Å². The lowest BCUT2D eigenvalue weighted by Crippen LogP contribution is -2.26. The van der Waals surface area contributed by atoms with Gasteiger partial charge in [-0.05, 0) is 40.2 Å². The zero-order valence-corrected chi connectivity index (χ0v) is 11.6. The second-order valence-corrected chi connectivity index (χ2v) is 6.09. The van der Waals surface area contributed by atoms with E-state index in [-0.39, 0.29) is 0 Å². The monoisotopic (exact) mass is 309 g/mol. The van der Waals surface area contributed by atoms with Crippen LogP contribution in [-0.4, -0.2) is 16.0 Å². The van der Waals surface area contributed by atoms with E-state index in [0.717, 1.165) is 17.0 Å². The predicted octanol–water partition coefficient (Wildman–Crippen LogP) is 3.47. The lowest BCUT2D eigenvalue weighted by atomic mass is 10.4. The van der Waals surface area contributed by atoms with E-state index < -0.39 is 0 Å². The molecule has 5 heteroatoms. The molecule has 17 heavy (non-hydrogen) atoms. The Bertz CT molecular complexity index is 479. The van der Waals surface area contributed by atoms with Gasteiger partial charge in [0.2, 0.25) is 5.95 Å². The predicted molar refractivity (Wildman–Crippen MR) is 73.3 cm³/mol. The molecule has 0 spiro atoms. The van der Waals surface area contributed by atoms with Crippen molar-refractivity contribution in [1.29, 1.82) is 0 Å². The molecule has 1 fully saturated rings. The quantitative estimate of drug-likeness (QED) is 0.866. The minimum absolute atomic E-state index is 0.623. The zero-order chi connectivity index (χ0) is 11.7. The van der Waals surface area contributed by atoms with Crippen LogP contribution in [0.1, 0.15) is 17.7 Å². The van der Waals surface area contributed by atoms with E-state index in [9.17, 15) is 0 Å². The fourth-order valence-electron chi connectivity index (χ4n) is 1.77. The van der Waals surface area contributed by atoms with Crippen LogP contribution in [0.25, 0.3) is 0 Å². The summed E-state index contributed by atoms with van der Waals surface area (Å²) in [5.41, 5.74) is 0. The van der Waals surface area contributed by atoms with E-state index in [0.29, 0.717) is 6.04 Å². The molecule has 0 aromatic carbocycles. The van der Waals surface area contributed by atoms with Crippen LogP contribution < -0.4 is 4.90 Å². The van der Waals surface area contributed by atoms with Gasteiger partial charge in [-0.15, -0.1) is 11.3 Å². The minimum atomic E-state index is 0.623. The summed E-state index contributed by atoms with van der Waals surface area (Å²) < 4.78 is 0.924.